The highest BCUT2D eigenvalue weighted by Gasteiger charge is 2.16. The largest absolute Gasteiger partial charge is 0.493 e. The van der Waals surface area contributed by atoms with Gasteiger partial charge in [0.25, 0.3) is 0 Å². The Morgan fingerprint density at radius 3 is 2.74 bits per heavy atom. The van der Waals surface area contributed by atoms with Gasteiger partial charge in [-0.1, -0.05) is 6.07 Å². The minimum Gasteiger partial charge on any atom is -0.493 e. The Morgan fingerprint density at radius 2 is 2.16 bits per heavy atom. The molecule has 0 fully saturated rings. The molecule has 100 valence electrons. The van der Waals surface area contributed by atoms with Crippen LogP contribution in [-0.4, -0.2) is 18.2 Å². The van der Waals surface area contributed by atoms with Crippen LogP contribution in [0, 0.1) is 0 Å². The highest BCUT2D eigenvalue weighted by molar-refractivity contribution is 9.11. The molecule has 0 saturated heterocycles. The van der Waals surface area contributed by atoms with Gasteiger partial charge in [0, 0.05) is 4.88 Å². The molecule has 0 spiro atoms. The summed E-state index contributed by atoms with van der Waals surface area (Å²) in [5.41, 5.74) is 0.0926. The number of rotatable bonds is 5. The number of hydrogen-bond donors (Lipinski definition) is 1. The minimum atomic E-state index is -1.04. The Labute approximate surface area is 122 Å². The number of methoxy groups -OCH3 is 1. The maximum atomic E-state index is 11.2. The number of thiophene rings is 1. The summed E-state index contributed by atoms with van der Waals surface area (Å²) >= 11 is 4.91. The lowest BCUT2D eigenvalue weighted by molar-refractivity contribution is 0.0691. The molecule has 0 unspecified atom stereocenters. The second-order valence-electron chi connectivity index (χ2n) is 3.64. The van der Waals surface area contributed by atoms with Crippen LogP contribution in [0.1, 0.15) is 15.2 Å². The number of hydrogen-bond acceptors (Lipinski definition) is 4. The van der Waals surface area contributed by atoms with Crippen LogP contribution in [0.3, 0.4) is 0 Å². The first-order chi connectivity index (χ1) is 9.11. The van der Waals surface area contributed by atoms with Crippen LogP contribution in [0.5, 0.6) is 11.5 Å². The van der Waals surface area contributed by atoms with Gasteiger partial charge in [-0.2, -0.15) is 0 Å². The topological polar surface area (TPSA) is 55.8 Å². The molecule has 19 heavy (non-hydrogen) atoms. The molecule has 6 heteroatoms. The van der Waals surface area contributed by atoms with Gasteiger partial charge in [-0.05, 0) is 40.2 Å². The predicted octanol–water partition coefficient (Wildman–Crippen LogP) is 3.80. The van der Waals surface area contributed by atoms with E-state index in [-0.39, 0.29) is 11.3 Å². The van der Waals surface area contributed by atoms with Crippen molar-refractivity contribution in [3.05, 3.63) is 44.6 Å². The van der Waals surface area contributed by atoms with Crippen LogP contribution in [0.25, 0.3) is 0 Å². The van der Waals surface area contributed by atoms with Crippen molar-refractivity contribution >= 4 is 33.2 Å². The molecule has 1 aromatic heterocycles. The van der Waals surface area contributed by atoms with Gasteiger partial charge in [-0.15, -0.1) is 11.3 Å². The summed E-state index contributed by atoms with van der Waals surface area (Å²) in [6.45, 7) is 0.302. The Morgan fingerprint density at radius 1 is 1.37 bits per heavy atom. The third kappa shape index (κ3) is 3.27. The number of carboxylic acid groups (broad SMARTS) is 1. The molecule has 0 amide bonds. The maximum Gasteiger partial charge on any atom is 0.339 e. The molecular formula is C13H11BrO4S. The Hall–Kier alpha value is -1.53. The van der Waals surface area contributed by atoms with Crippen molar-refractivity contribution in [2.24, 2.45) is 0 Å². The number of benzene rings is 1. The van der Waals surface area contributed by atoms with Gasteiger partial charge in [0.2, 0.25) is 0 Å². The Kier molecular flexibility index (Phi) is 4.44. The van der Waals surface area contributed by atoms with Gasteiger partial charge in [0.15, 0.2) is 11.5 Å². The monoisotopic (exact) mass is 342 g/mol. The van der Waals surface area contributed by atoms with Crippen molar-refractivity contribution in [2.75, 3.05) is 7.11 Å². The van der Waals surface area contributed by atoms with Crippen molar-refractivity contribution in [2.45, 2.75) is 6.61 Å². The first-order valence-corrected chi connectivity index (χ1v) is 7.00. The zero-order valence-corrected chi connectivity index (χ0v) is 12.5. The van der Waals surface area contributed by atoms with Crippen molar-refractivity contribution in [3.8, 4) is 11.5 Å². The van der Waals surface area contributed by atoms with E-state index in [0.717, 1.165) is 8.66 Å². The van der Waals surface area contributed by atoms with Crippen LogP contribution < -0.4 is 9.47 Å². The van der Waals surface area contributed by atoms with Gasteiger partial charge in [0.05, 0.1) is 10.9 Å². The molecule has 2 rings (SSSR count). The highest BCUT2D eigenvalue weighted by Crippen LogP contribution is 2.32. The number of halogens is 1. The molecule has 0 aliphatic rings. The van der Waals surface area contributed by atoms with Gasteiger partial charge in [-0.25, -0.2) is 4.79 Å². The summed E-state index contributed by atoms with van der Waals surface area (Å²) in [5, 5.41) is 9.15. The van der Waals surface area contributed by atoms with E-state index >= 15 is 0 Å². The molecule has 1 N–H and O–H groups in total. The van der Waals surface area contributed by atoms with Crippen LogP contribution >= 0.6 is 27.3 Å². The summed E-state index contributed by atoms with van der Waals surface area (Å²) in [5.74, 6) is -0.376. The summed E-state index contributed by atoms with van der Waals surface area (Å²) < 4.78 is 11.7. The molecule has 0 atom stereocenters. The standard InChI is InChI=1S/C13H11BrO4S/c1-17-10-4-2-3-9(13(15)16)12(10)18-7-8-5-6-11(14)19-8/h2-6H,7H2,1H3,(H,15,16). The minimum absolute atomic E-state index is 0.0926. The molecule has 0 bridgehead atoms. The molecule has 1 aromatic carbocycles. The first-order valence-electron chi connectivity index (χ1n) is 5.39. The normalized spacial score (nSPS) is 10.2. The molecule has 0 aliphatic heterocycles. The fourth-order valence-corrected chi connectivity index (χ4v) is 2.96. The average Bonchev–Trinajstić information content (AvgIpc) is 2.81. The van der Waals surface area contributed by atoms with Crippen LogP contribution in [0.2, 0.25) is 0 Å². The highest BCUT2D eigenvalue weighted by atomic mass is 79.9. The number of para-hydroxylation sites is 1. The quantitative estimate of drug-likeness (QED) is 0.897. The predicted molar refractivity (Wildman–Crippen MR) is 76.3 cm³/mol. The number of ether oxygens (including phenoxy) is 2. The Bertz CT molecular complexity index is 594. The van der Waals surface area contributed by atoms with Gasteiger partial charge >= 0.3 is 5.97 Å². The summed E-state index contributed by atoms with van der Waals surface area (Å²) in [6.07, 6.45) is 0. The summed E-state index contributed by atoms with van der Waals surface area (Å²) in [6, 6.07) is 8.63. The third-order valence-corrected chi connectivity index (χ3v) is 4.01. The lowest BCUT2D eigenvalue weighted by Gasteiger charge is -2.12. The first kappa shape index (κ1) is 13.9. The van der Waals surface area contributed by atoms with Crippen LogP contribution in [-0.2, 0) is 6.61 Å². The SMILES string of the molecule is COc1cccc(C(=O)O)c1OCc1ccc(Br)s1. The van der Waals surface area contributed by atoms with Gasteiger partial charge in [0.1, 0.15) is 12.2 Å². The van der Waals surface area contributed by atoms with E-state index in [1.165, 1.54) is 24.5 Å². The summed E-state index contributed by atoms with van der Waals surface area (Å²) in [4.78, 5) is 12.2. The lowest BCUT2D eigenvalue weighted by atomic mass is 10.2. The number of carbonyl (C=O) groups is 1. The molecule has 4 nitrogen and oxygen atoms in total. The Balaban J connectivity index is 2.25. The van der Waals surface area contributed by atoms with E-state index in [2.05, 4.69) is 15.9 Å². The average molecular weight is 343 g/mol. The second kappa shape index (κ2) is 6.08. The van der Waals surface area contributed by atoms with Crippen molar-refractivity contribution < 1.29 is 19.4 Å². The number of carboxylic acids is 1. The molecular weight excluding hydrogens is 332 g/mol. The molecule has 1 heterocycles. The number of aromatic carboxylic acids is 1. The van der Waals surface area contributed by atoms with Crippen LogP contribution in [0.4, 0.5) is 0 Å². The summed E-state index contributed by atoms with van der Waals surface area (Å²) in [7, 11) is 1.48. The zero-order chi connectivity index (χ0) is 13.8. The van der Waals surface area contributed by atoms with Gasteiger partial charge < -0.3 is 14.6 Å². The maximum absolute atomic E-state index is 11.2. The fourth-order valence-electron chi connectivity index (χ4n) is 1.57. The lowest BCUT2D eigenvalue weighted by Crippen LogP contribution is -2.04. The smallest absolute Gasteiger partial charge is 0.339 e. The molecule has 2 aromatic rings. The van der Waals surface area contributed by atoms with Crippen LogP contribution in [0.15, 0.2) is 34.1 Å². The van der Waals surface area contributed by atoms with E-state index in [9.17, 15) is 4.79 Å². The van der Waals surface area contributed by atoms with Crippen molar-refractivity contribution in [1.29, 1.82) is 0 Å². The van der Waals surface area contributed by atoms with Crippen molar-refractivity contribution in [3.63, 3.8) is 0 Å². The van der Waals surface area contributed by atoms with E-state index in [0.29, 0.717) is 12.4 Å². The molecule has 0 saturated carbocycles. The van der Waals surface area contributed by atoms with E-state index in [1.54, 1.807) is 12.1 Å². The molecule has 0 radical (unpaired) electrons. The molecule has 0 aliphatic carbocycles. The van der Waals surface area contributed by atoms with Gasteiger partial charge in [-0.3, -0.25) is 0 Å². The van der Waals surface area contributed by atoms with E-state index in [1.807, 2.05) is 12.1 Å². The third-order valence-electron chi connectivity index (χ3n) is 2.42. The second-order valence-corrected chi connectivity index (χ2v) is 6.18. The fraction of sp³-hybridized carbons (Fsp3) is 0.154. The van der Waals surface area contributed by atoms with Crippen molar-refractivity contribution in [1.82, 2.24) is 0 Å². The van der Waals surface area contributed by atoms with E-state index < -0.39 is 5.97 Å². The zero-order valence-electron chi connectivity index (χ0n) is 10.1. The van der Waals surface area contributed by atoms with E-state index in [4.69, 9.17) is 14.6 Å².